The number of rotatable bonds is 5. The van der Waals surface area contributed by atoms with Crippen LogP contribution in [0.15, 0.2) is 48.9 Å². The van der Waals surface area contributed by atoms with Gasteiger partial charge >= 0.3 is 0 Å². The minimum absolute atomic E-state index is 0.300. The maximum absolute atomic E-state index is 9.56. The van der Waals surface area contributed by atoms with E-state index < -0.39 is 0 Å². The second kappa shape index (κ2) is 7.60. The Kier molecular flexibility index (Phi) is 4.78. The van der Waals surface area contributed by atoms with Gasteiger partial charge in [-0.25, -0.2) is 4.98 Å². The summed E-state index contributed by atoms with van der Waals surface area (Å²) in [6, 6.07) is 15.0. The van der Waals surface area contributed by atoms with Crippen LogP contribution < -0.4 is 10.5 Å². The summed E-state index contributed by atoms with van der Waals surface area (Å²) in [7, 11) is 0. The Morgan fingerprint density at radius 3 is 2.83 bits per heavy atom. The zero-order chi connectivity index (χ0) is 20.7. The predicted octanol–water partition coefficient (Wildman–Crippen LogP) is 3.53. The Balaban J connectivity index is 1.40. The maximum Gasteiger partial charge on any atom is 0.145 e. The van der Waals surface area contributed by atoms with E-state index >= 15 is 0 Å². The van der Waals surface area contributed by atoms with Gasteiger partial charge in [0.25, 0.3) is 0 Å². The average Bonchev–Trinajstić information content (AvgIpc) is 3.32. The summed E-state index contributed by atoms with van der Waals surface area (Å²) in [6.07, 6.45) is 5.88. The molecule has 2 N–H and O–H groups in total. The normalized spacial score (nSPS) is 18.6. The van der Waals surface area contributed by atoms with Crippen LogP contribution >= 0.6 is 0 Å². The molecule has 2 heterocycles. The van der Waals surface area contributed by atoms with Crippen LogP contribution in [-0.2, 0) is 13.0 Å². The van der Waals surface area contributed by atoms with Crippen LogP contribution in [0.4, 0.5) is 0 Å². The second-order valence-corrected chi connectivity index (χ2v) is 8.34. The number of hydrogen-bond donors (Lipinski definition) is 1. The first-order chi connectivity index (χ1) is 14.6. The molecule has 0 unspecified atom stereocenters. The van der Waals surface area contributed by atoms with Crippen molar-refractivity contribution < 1.29 is 4.74 Å². The molecule has 1 saturated heterocycles. The molecule has 152 valence electrons. The molecule has 5 rings (SSSR count). The number of aromatic nitrogens is 2. The van der Waals surface area contributed by atoms with Gasteiger partial charge in [0.05, 0.1) is 11.9 Å². The number of likely N-dealkylation sites (tertiary alicyclic amines) is 1. The molecule has 1 aliphatic carbocycles. The maximum atomic E-state index is 9.56. The van der Waals surface area contributed by atoms with Gasteiger partial charge in [0, 0.05) is 43.6 Å². The summed E-state index contributed by atoms with van der Waals surface area (Å²) in [6.45, 7) is 4.64. The molecule has 1 fully saturated rings. The van der Waals surface area contributed by atoms with E-state index in [0.29, 0.717) is 29.9 Å². The zero-order valence-corrected chi connectivity index (χ0v) is 17.1. The molecule has 0 saturated carbocycles. The molecule has 2 aromatic carbocycles. The first-order valence-electron chi connectivity index (χ1n) is 10.4. The summed E-state index contributed by atoms with van der Waals surface area (Å²) < 4.78 is 8.30. The SMILES string of the molecule is Cc1cncn1Cc1ccc(C#N)c(Oc2ccc3c(c2)[C@H](N2CC(N)C2)CC3)c1. The summed E-state index contributed by atoms with van der Waals surface area (Å²) in [5.74, 6) is 1.37. The summed E-state index contributed by atoms with van der Waals surface area (Å²) in [4.78, 5) is 6.63. The second-order valence-electron chi connectivity index (χ2n) is 8.34. The van der Waals surface area contributed by atoms with Crippen molar-refractivity contribution in [2.24, 2.45) is 5.73 Å². The number of aryl methyl sites for hydroxylation is 2. The summed E-state index contributed by atoms with van der Waals surface area (Å²) in [5, 5.41) is 9.56. The number of nitriles is 1. The third-order valence-corrected chi connectivity index (χ3v) is 6.21. The lowest BCUT2D eigenvalue weighted by molar-refractivity contribution is 0.0941. The number of benzene rings is 2. The number of hydrogen-bond acceptors (Lipinski definition) is 5. The fourth-order valence-corrected chi connectivity index (χ4v) is 4.52. The van der Waals surface area contributed by atoms with E-state index in [2.05, 4.69) is 32.7 Å². The van der Waals surface area contributed by atoms with Crippen LogP contribution in [0.2, 0.25) is 0 Å². The molecule has 1 atom stereocenters. The van der Waals surface area contributed by atoms with Crippen molar-refractivity contribution in [2.45, 2.75) is 38.4 Å². The molecule has 2 aliphatic rings. The molecule has 6 nitrogen and oxygen atoms in total. The van der Waals surface area contributed by atoms with Crippen LogP contribution in [0.3, 0.4) is 0 Å². The van der Waals surface area contributed by atoms with E-state index in [-0.39, 0.29) is 0 Å². The quantitative estimate of drug-likeness (QED) is 0.710. The predicted molar refractivity (Wildman–Crippen MR) is 114 cm³/mol. The topological polar surface area (TPSA) is 80.1 Å². The minimum Gasteiger partial charge on any atom is -0.456 e. The van der Waals surface area contributed by atoms with Crippen molar-refractivity contribution in [3.63, 3.8) is 0 Å². The highest BCUT2D eigenvalue weighted by Gasteiger charge is 2.34. The molecule has 0 bridgehead atoms. The van der Waals surface area contributed by atoms with Gasteiger partial charge in [-0.3, -0.25) is 4.90 Å². The van der Waals surface area contributed by atoms with Crippen LogP contribution in [-0.4, -0.2) is 33.6 Å². The van der Waals surface area contributed by atoms with Gasteiger partial charge in [-0.1, -0.05) is 12.1 Å². The van der Waals surface area contributed by atoms with Gasteiger partial charge in [-0.15, -0.1) is 0 Å². The standard InChI is InChI=1S/C24H25N5O/c1-16-11-27-15-29(16)12-17-2-3-19(10-25)24(8-17)30-21-6-4-18-5-7-23(22(18)9-21)28-13-20(26)14-28/h2-4,6,8-9,11,15,20,23H,5,7,12-14,26H2,1H3/t23-/m1/s1. The Labute approximate surface area is 176 Å². The van der Waals surface area contributed by atoms with Crippen molar-refractivity contribution in [3.05, 3.63) is 76.9 Å². The number of fused-ring (bicyclic) bond motifs is 1. The van der Waals surface area contributed by atoms with E-state index in [9.17, 15) is 5.26 Å². The third-order valence-electron chi connectivity index (χ3n) is 6.21. The van der Waals surface area contributed by atoms with E-state index in [4.69, 9.17) is 10.5 Å². The molecule has 0 spiro atoms. The highest BCUT2D eigenvalue weighted by atomic mass is 16.5. The van der Waals surface area contributed by atoms with Crippen molar-refractivity contribution in [1.82, 2.24) is 14.5 Å². The lowest BCUT2D eigenvalue weighted by Crippen LogP contribution is -2.56. The van der Waals surface area contributed by atoms with Gasteiger partial charge in [-0.2, -0.15) is 5.26 Å². The van der Waals surface area contributed by atoms with E-state index in [1.807, 2.05) is 43.7 Å². The van der Waals surface area contributed by atoms with Gasteiger partial charge < -0.3 is 15.0 Å². The van der Waals surface area contributed by atoms with Crippen molar-refractivity contribution >= 4 is 0 Å². The number of nitrogens with zero attached hydrogens (tertiary/aromatic N) is 4. The zero-order valence-electron chi connectivity index (χ0n) is 17.1. The largest absolute Gasteiger partial charge is 0.456 e. The van der Waals surface area contributed by atoms with Gasteiger partial charge in [0.15, 0.2) is 0 Å². The Morgan fingerprint density at radius 2 is 2.10 bits per heavy atom. The summed E-state index contributed by atoms with van der Waals surface area (Å²) in [5.41, 5.74) is 11.4. The highest BCUT2D eigenvalue weighted by Crippen LogP contribution is 2.40. The van der Waals surface area contributed by atoms with E-state index in [1.54, 1.807) is 0 Å². The first-order valence-corrected chi connectivity index (χ1v) is 10.4. The Bertz CT molecular complexity index is 1120. The van der Waals surface area contributed by atoms with Gasteiger partial charge in [-0.05, 0) is 60.7 Å². The lowest BCUT2D eigenvalue weighted by atomic mass is 10.0. The van der Waals surface area contributed by atoms with E-state index in [0.717, 1.165) is 42.9 Å². The highest BCUT2D eigenvalue weighted by molar-refractivity contribution is 5.49. The van der Waals surface area contributed by atoms with Gasteiger partial charge in [0.1, 0.15) is 17.6 Å². The van der Waals surface area contributed by atoms with Crippen LogP contribution in [0, 0.1) is 18.3 Å². The molecule has 1 aliphatic heterocycles. The lowest BCUT2D eigenvalue weighted by Gasteiger charge is -2.41. The molecule has 6 heteroatoms. The van der Waals surface area contributed by atoms with Crippen molar-refractivity contribution in [2.75, 3.05) is 13.1 Å². The van der Waals surface area contributed by atoms with Crippen molar-refractivity contribution in [3.8, 4) is 17.6 Å². The first kappa shape index (κ1) is 18.9. The summed E-state index contributed by atoms with van der Waals surface area (Å²) >= 11 is 0. The minimum atomic E-state index is 0.300. The van der Waals surface area contributed by atoms with Gasteiger partial charge in [0.2, 0.25) is 0 Å². The van der Waals surface area contributed by atoms with Crippen molar-refractivity contribution in [1.29, 1.82) is 5.26 Å². The third kappa shape index (κ3) is 3.47. The fraction of sp³-hybridized carbons (Fsp3) is 0.333. The Morgan fingerprint density at radius 1 is 1.23 bits per heavy atom. The number of imidazole rings is 1. The van der Waals surface area contributed by atoms with Crippen LogP contribution in [0.25, 0.3) is 0 Å². The molecule has 30 heavy (non-hydrogen) atoms. The van der Waals surface area contributed by atoms with Crippen LogP contribution in [0.1, 0.15) is 40.4 Å². The molecular formula is C24H25N5O. The average molecular weight is 399 g/mol. The Hall–Kier alpha value is -3.14. The number of nitrogens with two attached hydrogens (primary N) is 1. The fourth-order valence-electron chi connectivity index (χ4n) is 4.52. The number of ether oxygens (including phenoxy) is 1. The molecule has 1 aromatic heterocycles. The molecule has 0 amide bonds. The molecule has 0 radical (unpaired) electrons. The monoisotopic (exact) mass is 399 g/mol. The molecule has 3 aromatic rings. The van der Waals surface area contributed by atoms with Crippen LogP contribution in [0.5, 0.6) is 11.5 Å². The smallest absolute Gasteiger partial charge is 0.145 e. The molecular weight excluding hydrogens is 374 g/mol. The van der Waals surface area contributed by atoms with E-state index in [1.165, 1.54) is 11.1 Å².